The molecule has 0 aliphatic rings. The van der Waals surface area contributed by atoms with Crippen molar-refractivity contribution in [1.29, 1.82) is 0 Å². The number of halogens is 4. The minimum Gasteiger partial charge on any atom is -0.493 e. The van der Waals surface area contributed by atoms with Gasteiger partial charge in [0.15, 0.2) is 11.5 Å². The monoisotopic (exact) mass is 312 g/mol. The minimum atomic E-state index is -4.43. The summed E-state index contributed by atoms with van der Waals surface area (Å²) in [5.74, 6) is 0.344. The van der Waals surface area contributed by atoms with Crippen molar-refractivity contribution in [2.24, 2.45) is 0 Å². The molecule has 0 amide bonds. The molecule has 1 aromatic carbocycles. The molecule has 2 nitrogen and oxygen atoms in total. The zero-order valence-electron chi connectivity index (χ0n) is 9.56. The summed E-state index contributed by atoms with van der Waals surface area (Å²) in [6.07, 6.45) is -4.66. The van der Waals surface area contributed by atoms with E-state index in [1.165, 1.54) is 13.2 Å². The molecule has 0 fully saturated rings. The van der Waals surface area contributed by atoms with Crippen LogP contribution in [-0.4, -0.2) is 13.2 Å². The third kappa shape index (κ3) is 3.52. The lowest BCUT2D eigenvalue weighted by Crippen LogP contribution is -2.10. The van der Waals surface area contributed by atoms with Crippen LogP contribution in [0.15, 0.2) is 16.6 Å². The van der Waals surface area contributed by atoms with Crippen molar-refractivity contribution in [3.8, 4) is 11.5 Å². The van der Waals surface area contributed by atoms with Crippen molar-refractivity contribution in [2.75, 3.05) is 7.11 Å². The van der Waals surface area contributed by atoms with Crippen molar-refractivity contribution in [3.63, 3.8) is 0 Å². The molecule has 0 atom stereocenters. The maximum Gasteiger partial charge on any atom is 0.417 e. The number of benzene rings is 1. The molecule has 0 unspecified atom stereocenters. The molecule has 96 valence electrons. The van der Waals surface area contributed by atoms with Crippen LogP contribution in [0.5, 0.6) is 11.5 Å². The largest absolute Gasteiger partial charge is 0.493 e. The Kier molecular flexibility index (Phi) is 4.30. The molecule has 0 saturated carbocycles. The van der Waals surface area contributed by atoms with Crippen molar-refractivity contribution >= 4 is 15.9 Å². The van der Waals surface area contributed by atoms with Gasteiger partial charge in [-0.2, -0.15) is 13.2 Å². The molecule has 1 aromatic rings. The fourth-order valence-corrected chi connectivity index (χ4v) is 1.81. The van der Waals surface area contributed by atoms with Crippen LogP contribution in [0.2, 0.25) is 0 Å². The van der Waals surface area contributed by atoms with E-state index in [0.717, 1.165) is 6.07 Å². The molecule has 0 aliphatic carbocycles. The summed E-state index contributed by atoms with van der Waals surface area (Å²) in [7, 11) is 1.38. The van der Waals surface area contributed by atoms with Crippen LogP contribution in [-0.2, 0) is 6.18 Å². The first-order chi connectivity index (χ1) is 7.75. The fourth-order valence-electron chi connectivity index (χ4n) is 1.26. The van der Waals surface area contributed by atoms with Crippen molar-refractivity contribution in [1.82, 2.24) is 0 Å². The molecule has 0 spiro atoms. The number of rotatable bonds is 3. The van der Waals surface area contributed by atoms with Gasteiger partial charge in [-0.3, -0.25) is 0 Å². The smallest absolute Gasteiger partial charge is 0.417 e. The SMILES string of the molecule is COc1cc(Br)c(C(F)(F)F)cc1OC(C)C. The second kappa shape index (κ2) is 5.16. The van der Waals surface area contributed by atoms with Gasteiger partial charge in [0, 0.05) is 4.47 Å². The minimum absolute atomic E-state index is 0.0713. The van der Waals surface area contributed by atoms with Crippen LogP contribution < -0.4 is 9.47 Å². The van der Waals surface area contributed by atoms with E-state index in [9.17, 15) is 13.2 Å². The molecule has 0 bridgehead atoms. The van der Waals surface area contributed by atoms with Gasteiger partial charge in [0.1, 0.15) is 0 Å². The van der Waals surface area contributed by atoms with Crippen LogP contribution in [0.25, 0.3) is 0 Å². The van der Waals surface area contributed by atoms with E-state index in [0.29, 0.717) is 0 Å². The highest BCUT2D eigenvalue weighted by molar-refractivity contribution is 9.10. The Morgan fingerprint density at radius 2 is 1.76 bits per heavy atom. The van der Waals surface area contributed by atoms with Crippen LogP contribution >= 0.6 is 15.9 Å². The molecule has 0 aromatic heterocycles. The highest BCUT2D eigenvalue weighted by Gasteiger charge is 2.34. The zero-order valence-corrected chi connectivity index (χ0v) is 11.1. The van der Waals surface area contributed by atoms with Crippen molar-refractivity contribution in [3.05, 3.63) is 22.2 Å². The molecule has 17 heavy (non-hydrogen) atoms. The van der Waals surface area contributed by atoms with Gasteiger partial charge in [-0.05, 0) is 26.0 Å². The van der Waals surface area contributed by atoms with Gasteiger partial charge in [-0.15, -0.1) is 0 Å². The zero-order chi connectivity index (χ0) is 13.2. The predicted octanol–water partition coefficient (Wildman–Crippen LogP) is 4.26. The van der Waals surface area contributed by atoms with Crippen LogP contribution in [0, 0.1) is 0 Å². The maximum absolute atomic E-state index is 12.7. The molecular weight excluding hydrogens is 301 g/mol. The van der Waals surface area contributed by atoms with Gasteiger partial charge >= 0.3 is 6.18 Å². The molecule has 0 N–H and O–H groups in total. The van der Waals surface area contributed by atoms with Gasteiger partial charge in [-0.1, -0.05) is 15.9 Å². The Bertz CT molecular complexity index is 402. The van der Waals surface area contributed by atoms with E-state index in [-0.39, 0.29) is 22.1 Å². The molecule has 0 heterocycles. The van der Waals surface area contributed by atoms with Crippen LogP contribution in [0.4, 0.5) is 13.2 Å². The number of hydrogen-bond acceptors (Lipinski definition) is 2. The van der Waals surface area contributed by atoms with E-state index in [1.807, 2.05) is 0 Å². The lowest BCUT2D eigenvalue weighted by Gasteiger charge is -2.17. The van der Waals surface area contributed by atoms with Crippen molar-refractivity contribution < 1.29 is 22.6 Å². The molecule has 0 saturated heterocycles. The van der Waals surface area contributed by atoms with Crippen LogP contribution in [0.1, 0.15) is 19.4 Å². The summed E-state index contributed by atoms with van der Waals surface area (Å²) in [5, 5.41) is 0. The Hall–Kier alpha value is -0.910. The lowest BCUT2D eigenvalue weighted by atomic mass is 10.2. The average molecular weight is 313 g/mol. The second-order valence-corrected chi connectivity index (χ2v) is 4.50. The molecule has 1 rings (SSSR count). The number of alkyl halides is 3. The summed E-state index contributed by atoms with van der Waals surface area (Å²) < 4.78 is 48.2. The second-order valence-electron chi connectivity index (χ2n) is 3.65. The van der Waals surface area contributed by atoms with Crippen molar-refractivity contribution in [2.45, 2.75) is 26.1 Å². The van der Waals surface area contributed by atoms with E-state index < -0.39 is 11.7 Å². The summed E-state index contributed by atoms with van der Waals surface area (Å²) in [5.41, 5.74) is -0.783. The Labute approximate surface area is 106 Å². The van der Waals surface area contributed by atoms with Gasteiger partial charge in [0.2, 0.25) is 0 Å². The fraction of sp³-hybridized carbons (Fsp3) is 0.455. The topological polar surface area (TPSA) is 18.5 Å². The summed E-state index contributed by atoms with van der Waals surface area (Å²) in [6, 6.07) is 2.18. The normalized spacial score (nSPS) is 11.8. The van der Waals surface area contributed by atoms with E-state index in [4.69, 9.17) is 9.47 Å². The summed E-state index contributed by atoms with van der Waals surface area (Å²) in [4.78, 5) is 0. The highest BCUT2D eigenvalue weighted by Crippen LogP contribution is 2.41. The number of ether oxygens (including phenoxy) is 2. The van der Waals surface area contributed by atoms with Gasteiger partial charge in [0.05, 0.1) is 18.8 Å². The number of hydrogen-bond donors (Lipinski definition) is 0. The predicted molar refractivity (Wildman–Crippen MR) is 61.5 cm³/mol. The van der Waals surface area contributed by atoms with E-state index in [2.05, 4.69) is 15.9 Å². The Morgan fingerprint density at radius 1 is 1.18 bits per heavy atom. The molecular formula is C11H12BrF3O2. The van der Waals surface area contributed by atoms with Gasteiger partial charge in [0.25, 0.3) is 0 Å². The van der Waals surface area contributed by atoms with E-state index >= 15 is 0 Å². The quantitative estimate of drug-likeness (QED) is 0.830. The average Bonchev–Trinajstić information content (AvgIpc) is 2.17. The van der Waals surface area contributed by atoms with Gasteiger partial charge < -0.3 is 9.47 Å². The third-order valence-corrected chi connectivity index (χ3v) is 2.58. The van der Waals surface area contributed by atoms with Gasteiger partial charge in [-0.25, -0.2) is 0 Å². The highest BCUT2D eigenvalue weighted by atomic mass is 79.9. The Morgan fingerprint density at radius 3 is 2.18 bits per heavy atom. The maximum atomic E-state index is 12.7. The lowest BCUT2D eigenvalue weighted by molar-refractivity contribution is -0.138. The van der Waals surface area contributed by atoms with E-state index in [1.54, 1.807) is 13.8 Å². The first-order valence-corrected chi connectivity index (χ1v) is 5.66. The molecule has 6 heteroatoms. The van der Waals surface area contributed by atoms with Crippen LogP contribution in [0.3, 0.4) is 0 Å². The standard InChI is InChI=1S/C11H12BrF3O2/c1-6(2)17-10-4-7(11(13,14)15)8(12)5-9(10)16-3/h4-6H,1-3H3. The summed E-state index contributed by atoms with van der Waals surface area (Å²) in [6.45, 7) is 3.46. The first-order valence-electron chi connectivity index (χ1n) is 4.87. The molecule has 0 aliphatic heterocycles. The third-order valence-electron chi connectivity index (χ3n) is 1.92. The first kappa shape index (κ1) is 14.2. The molecule has 0 radical (unpaired) electrons. The summed E-state index contributed by atoms with van der Waals surface area (Å²) >= 11 is 2.87. The number of methoxy groups -OCH3 is 1. The Balaban J connectivity index is 3.27.